The molecule has 1 aliphatic carbocycles. The number of hydrogen-bond donors (Lipinski definition) is 3. The summed E-state index contributed by atoms with van der Waals surface area (Å²) >= 11 is 0. The van der Waals surface area contributed by atoms with E-state index in [1.54, 1.807) is 6.07 Å². The van der Waals surface area contributed by atoms with Crippen LogP contribution in [0.4, 0.5) is 16.2 Å². The fourth-order valence-corrected chi connectivity index (χ4v) is 3.18. The number of nitrogens with zero attached hydrogens (tertiary/aromatic N) is 1. The Kier molecular flexibility index (Phi) is 7.30. The van der Waals surface area contributed by atoms with Crippen molar-refractivity contribution in [2.45, 2.75) is 52.0 Å². The van der Waals surface area contributed by atoms with E-state index in [1.165, 1.54) is 19.3 Å². The van der Waals surface area contributed by atoms with Gasteiger partial charge in [-0.3, -0.25) is 4.79 Å². The van der Waals surface area contributed by atoms with Gasteiger partial charge in [0.05, 0.1) is 5.56 Å². The van der Waals surface area contributed by atoms with Crippen molar-refractivity contribution in [2.24, 2.45) is 5.92 Å². The lowest BCUT2D eigenvalue weighted by Crippen LogP contribution is -2.39. The summed E-state index contributed by atoms with van der Waals surface area (Å²) in [6.45, 7) is 4.73. The summed E-state index contributed by atoms with van der Waals surface area (Å²) in [5.74, 6) is 0.253. The molecule has 0 aliphatic heterocycles. The number of urea groups is 1. The highest BCUT2D eigenvalue weighted by molar-refractivity contribution is 6.01. The third-order valence-electron chi connectivity index (χ3n) is 4.59. The van der Waals surface area contributed by atoms with E-state index in [9.17, 15) is 9.59 Å². The molecule has 0 heterocycles. The van der Waals surface area contributed by atoms with Gasteiger partial charge >= 0.3 is 6.03 Å². The second-order valence-corrected chi connectivity index (χ2v) is 7.66. The number of nitrogens with one attached hydrogen (secondary N) is 3. The maximum atomic E-state index is 12.6. The monoisotopic (exact) mass is 360 g/mol. The molecule has 0 unspecified atom stereocenters. The van der Waals surface area contributed by atoms with Gasteiger partial charge in [0.1, 0.15) is 0 Å². The third-order valence-corrected chi connectivity index (χ3v) is 4.59. The minimum Gasteiger partial charge on any atom is -0.377 e. The Morgan fingerprint density at radius 1 is 1.15 bits per heavy atom. The Hall–Kier alpha value is -2.24. The molecule has 3 N–H and O–H groups in total. The molecule has 0 bridgehead atoms. The van der Waals surface area contributed by atoms with Gasteiger partial charge in [-0.1, -0.05) is 33.1 Å². The van der Waals surface area contributed by atoms with Crippen LogP contribution in [0.2, 0.25) is 0 Å². The molecule has 0 aromatic heterocycles. The van der Waals surface area contributed by atoms with Crippen LogP contribution in [0, 0.1) is 5.92 Å². The molecule has 0 atom stereocenters. The lowest BCUT2D eigenvalue weighted by atomic mass is 9.96. The van der Waals surface area contributed by atoms with Crippen LogP contribution < -0.4 is 20.9 Å². The summed E-state index contributed by atoms with van der Waals surface area (Å²) in [6, 6.07) is 5.47. The lowest BCUT2D eigenvalue weighted by Gasteiger charge is -2.23. The highest BCUT2D eigenvalue weighted by atomic mass is 16.2. The summed E-state index contributed by atoms with van der Waals surface area (Å²) in [6.07, 6.45) is 5.66. The lowest BCUT2D eigenvalue weighted by molar-refractivity contribution is 0.0949. The fourth-order valence-electron chi connectivity index (χ4n) is 3.18. The molecule has 1 fully saturated rings. The van der Waals surface area contributed by atoms with Gasteiger partial charge in [0.25, 0.3) is 5.91 Å². The highest BCUT2D eigenvalue weighted by Gasteiger charge is 2.17. The van der Waals surface area contributed by atoms with E-state index in [-0.39, 0.29) is 18.0 Å². The van der Waals surface area contributed by atoms with Gasteiger partial charge < -0.3 is 20.9 Å². The Bertz CT molecular complexity index is 622. The number of carbonyl (C=O) groups excluding carboxylic acids is 2. The number of rotatable bonds is 6. The highest BCUT2D eigenvalue weighted by Crippen LogP contribution is 2.23. The second kappa shape index (κ2) is 9.46. The number of carbonyl (C=O) groups is 2. The van der Waals surface area contributed by atoms with Crippen molar-refractivity contribution in [1.82, 2.24) is 10.6 Å². The molecule has 1 saturated carbocycles. The normalized spacial score (nSPS) is 14.8. The van der Waals surface area contributed by atoms with E-state index in [0.717, 1.165) is 18.5 Å². The first-order valence-corrected chi connectivity index (χ1v) is 9.54. The van der Waals surface area contributed by atoms with Crippen molar-refractivity contribution in [3.8, 4) is 0 Å². The average Bonchev–Trinajstić information content (AvgIpc) is 2.60. The Morgan fingerprint density at radius 3 is 2.46 bits per heavy atom. The maximum absolute atomic E-state index is 12.6. The zero-order chi connectivity index (χ0) is 19.1. The van der Waals surface area contributed by atoms with Crippen molar-refractivity contribution in [3.05, 3.63) is 23.8 Å². The van der Waals surface area contributed by atoms with Gasteiger partial charge in [0.2, 0.25) is 0 Å². The molecule has 1 aromatic rings. The summed E-state index contributed by atoms with van der Waals surface area (Å²) < 4.78 is 0. The van der Waals surface area contributed by atoms with E-state index >= 15 is 0 Å². The van der Waals surface area contributed by atoms with E-state index in [1.807, 2.05) is 31.1 Å². The number of amides is 3. The molecule has 6 heteroatoms. The van der Waals surface area contributed by atoms with Crippen LogP contribution in [0.3, 0.4) is 0 Å². The van der Waals surface area contributed by atoms with E-state index in [4.69, 9.17) is 0 Å². The fraction of sp³-hybridized carbons (Fsp3) is 0.600. The molecule has 6 nitrogen and oxygen atoms in total. The summed E-state index contributed by atoms with van der Waals surface area (Å²) in [7, 11) is 3.80. The minimum atomic E-state index is -0.206. The third kappa shape index (κ3) is 5.93. The van der Waals surface area contributed by atoms with E-state index in [0.29, 0.717) is 23.7 Å². The van der Waals surface area contributed by atoms with Crippen LogP contribution in [0.5, 0.6) is 0 Å². The quantitative estimate of drug-likeness (QED) is 0.726. The van der Waals surface area contributed by atoms with Crippen LogP contribution in [0.15, 0.2) is 18.2 Å². The second-order valence-electron chi connectivity index (χ2n) is 7.66. The molecular weight excluding hydrogens is 328 g/mol. The molecule has 0 radical (unpaired) electrons. The topological polar surface area (TPSA) is 73.5 Å². The molecule has 2 rings (SSSR count). The number of anilines is 2. The largest absolute Gasteiger partial charge is 0.377 e. The molecule has 1 aromatic carbocycles. The zero-order valence-corrected chi connectivity index (χ0v) is 16.4. The standard InChI is InChI=1S/C20H32N4O2/c1-14(2)13-21-19(25)17-12-16(10-11-18(17)24(3)4)23-20(26)22-15-8-6-5-7-9-15/h10-12,14-15H,5-9,13H2,1-4H3,(H,21,25)(H2,22,23,26). The molecule has 144 valence electrons. The number of hydrogen-bond acceptors (Lipinski definition) is 3. The smallest absolute Gasteiger partial charge is 0.319 e. The first-order chi connectivity index (χ1) is 12.4. The summed E-state index contributed by atoms with van der Waals surface area (Å²) in [4.78, 5) is 26.7. The first kappa shape index (κ1) is 20.1. The number of benzene rings is 1. The van der Waals surface area contributed by atoms with E-state index < -0.39 is 0 Å². The zero-order valence-electron chi connectivity index (χ0n) is 16.4. The van der Waals surface area contributed by atoms with Gasteiger partial charge in [0, 0.05) is 38.1 Å². The van der Waals surface area contributed by atoms with Crippen molar-refractivity contribution in [2.75, 3.05) is 30.9 Å². The van der Waals surface area contributed by atoms with Gasteiger partial charge in [-0.2, -0.15) is 0 Å². The average molecular weight is 361 g/mol. The predicted molar refractivity (Wildman–Crippen MR) is 107 cm³/mol. The molecule has 0 spiro atoms. The minimum absolute atomic E-state index is 0.126. The van der Waals surface area contributed by atoms with Crippen LogP contribution in [0.1, 0.15) is 56.3 Å². The predicted octanol–water partition coefficient (Wildman–Crippen LogP) is 3.59. The van der Waals surface area contributed by atoms with Gasteiger partial charge in [0.15, 0.2) is 0 Å². The Labute approximate surface area is 156 Å². The van der Waals surface area contributed by atoms with Gasteiger partial charge in [-0.25, -0.2) is 4.79 Å². The first-order valence-electron chi connectivity index (χ1n) is 9.54. The molecule has 26 heavy (non-hydrogen) atoms. The van der Waals surface area contributed by atoms with Gasteiger partial charge in [-0.05, 0) is 37.0 Å². The van der Waals surface area contributed by atoms with Crippen LogP contribution in [-0.4, -0.2) is 38.6 Å². The van der Waals surface area contributed by atoms with Gasteiger partial charge in [-0.15, -0.1) is 0 Å². The van der Waals surface area contributed by atoms with Crippen LogP contribution in [0.25, 0.3) is 0 Å². The van der Waals surface area contributed by atoms with Crippen LogP contribution in [-0.2, 0) is 0 Å². The summed E-state index contributed by atoms with van der Waals surface area (Å²) in [5, 5.41) is 8.85. The van der Waals surface area contributed by atoms with Crippen molar-refractivity contribution < 1.29 is 9.59 Å². The maximum Gasteiger partial charge on any atom is 0.319 e. The van der Waals surface area contributed by atoms with Crippen LogP contribution >= 0.6 is 0 Å². The SMILES string of the molecule is CC(C)CNC(=O)c1cc(NC(=O)NC2CCCCC2)ccc1N(C)C. The Morgan fingerprint density at radius 2 is 1.85 bits per heavy atom. The molecule has 1 aliphatic rings. The summed E-state index contributed by atoms with van der Waals surface area (Å²) in [5.41, 5.74) is 2.01. The van der Waals surface area contributed by atoms with E-state index in [2.05, 4.69) is 29.8 Å². The van der Waals surface area contributed by atoms with Crippen molar-refractivity contribution >= 4 is 23.3 Å². The Balaban J connectivity index is 2.07. The molecule has 0 saturated heterocycles. The van der Waals surface area contributed by atoms with Crippen molar-refractivity contribution in [1.29, 1.82) is 0 Å². The van der Waals surface area contributed by atoms with Crippen molar-refractivity contribution in [3.63, 3.8) is 0 Å². The molecular formula is C20H32N4O2. The molecule has 3 amide bonds.